The lowest BCUT2D eigenvalue weighted by atomic mass is 10.3. The number of hydrogen-bond donors (Lipinski definition) is 0. The summed E-state index contributed by atoms with van der Waals surface area (Å²) in [6, 6.07) is 5.29. The van der Waals surface area contributed by atoms with Crippen LogP contribution in [0.3, 0.4) is 0 Å². The highest BCUT2D eigenvalue weighted by Gasteiger charge is 1.92. The monoisotopic (exact) mass is 160 g/mol. The number of rotatable bonds is 0. The van der Waals surface area contributed by atoms with E-state index in [2.05, 4.69) is 4.98 Å². The van der Waals surface area contributed by atoms with Crippen molar-refractivity contribution in [3.05, 3.63) is 46.5 Å². The SMILES string of the molecule is Cc1ccn2ccc(=O)nc2c1. The maximum Gasteiger partial charge on any atom is 0.273 e. The van der Waals surface area contributed by atoms with Gasteiger partial charge in [-0.3, -0.25) is 4.79 Å². The second-order valence-electron chi connectivity index (χ2n) is 2.74. The van der Waals surface area contributed by atoms with E-state index in [-0.39, 0.29) is 5.56 Å². The Kier molecular flexibility index (Phi) is 1.43. The molecule has 12 heavy (non-hydrogen) atoms. The summed E-state index contributed by atoms with van der Waals surface area (Å²) in [7, 11) is 0. The van der Waals surface area contributed by atoms with E-state index in [0.29, 0.717) is 5.65 Å². The number of aromatic nitrogens is 2. The standard InChI is InChI=1S/C9H8N2O/c1-7-2-4-11-5-3-9(12)10-8(11)6-7/h2-6H,1H3. The number of hydrogen-bond acceptors (Lipinski definition) is 2. The van der Waals surface area contributed by atoms with Crippen molar-refractivity contribution in [1.82, 2.24) is 9.38 Å². The van der Waals surface area contributed by atoms with Gasteiger partial charge in [-0.2, -0.15) is 4.98 Å². The van der Waals surface area contributed by atoms with Crippen molar-refractivity contribution in [2.24, 2.45) is 0 Å². The normalized spacial score (nSPS) is 10.4. The summed E-state index contributed by atoms with van der Waals surface area (Å²) in [6.45, 7) is 1.97. The van der Waals surface area contributed by atoms with Crippen LogP contribution in [0.2, 0.25) is 0 Å². The fourth-order valence-electron chi connectivity index (χ4n) is 1.11. The number of aryl methyl sites for hydroxylation is 1. The largest absolute Gasteiger partial charge is 0.308 e. The summed E-state index contributed by atoms with van der Waals surface area (Å²) in [6.07, 6.45) is 3.60. The van der Waals surface area contributed by atoms with Crippen molar-refractivity contribution in [3.63, 3.8) is 0 Å². The fourth-order valence-corrected chi connectivity index (χ4v) is 1.11. The molecule has 2 rings (SSSR count). The first-order chi connectivity index (χ1) is 5.75. The van der Waals surface area contributed by atoms with Crippen molar-refractivity contribution in [2.45, 2.75) is 6.92 Å². The molecule has 0 spiro atoms. The van der Waals surface area contributed by atoms with Gasteiger partial charge < -0.3 is 4.40 Å². The molecule has 0 saturated carbocycles. The van der Waals surface area contributed by atoms with Crippen LogP contribution in [0, 0.1) is 6.92 Å². The molecule has 60 valence electrons. The molecule has 0 aromatic carbocycles. The van der Waals surface area contributed by atoms with Gasteiger partial charge in [-0.1, -0.05) is 0 Å². The van der Waals surface area contributed by atoms with Crippen LogP contribution in [0.5, 0.6) is 0 Å². The molecular weight excluding hydrogens is 152 g/mol. The summed E-state index contributed by atoms with van der Waals surface area (Å²) >= 11 is 0. The molecule has 2 heterocycles. The van der Waals surface area contributed by atoms with Crippen LogP contribution < -0.4 is 5.56 Å². The summed E-state index contributed by atoms with van der Waals surface area (Å²) < 4.78 is 1.81. The lowest BCUT2D eigenvalue weighted by Gasteiger charge is -1.98. The molecule has 0 radical (unpaired) electrons. The minimum Gasteiger partial charge on any atom is -0.308 e. The second kappa shape index (κ2) is 2.44. The lowest BCUT2D eigenvalue weighted by Crippen LogP contribution is -2.06. The Bertz CT molecular complexity index is 473. The van der Waals surface area contributed by atoms with Gasteiger partial charge in [-0.25, -0.2) is 0 Å². The summed E-state index contributed by atoms with van der Waals surface area (Å²) in [5.41, 5.74) is 1.61. The zero-order valence-corrected chi connectivity index (χ0v) is 6.69. The predicted molar refractivity (Wildman–Crippen MR) is 46.2 cm³/mol. The smallest absolute Gasteiger partial charge is 0.273 e. The molecule has 0 atom stereocenters. The first-order valence-corrected chi connectivity index (χ1v) is 3.71. The third-order valence-electron chi connectivity index (χ3n) is 1.72. The van der Waals surface area contributed by atoms with Crippen molar-refractivity contribution < 1.29 is 0 Å². The molecule has 0 amide bonds. The van der Waals surface area contributed by atoms with E-state index in [0.717, 1.165) is 5.56 Å². The fraction of sp³-hybridized carbons (Fsp3) is 0.111. The summed E-state index contributed by atoms with van der Waals surface area (Å²) in [4.78, 5) is 14.7. The van der Waals surface area contributed by atoms with Gasteiger partial charge in [-0.05, 0) is 24.6 Å². The van der Waals surface area contributed by atoms with Crippen LogP contribution in [0.1, 0.15) is 5.56 Å². The molecule has 0 N–H and O–H groups in total. The third kappa shape index (κ3) is 1.09. The van der Waals surface area contributed by atoms with E-state index in [9.17, 15) is 4.79 Å². The Morgan fingerprint density at radius 3 is 2.92 bits per heavy atom. The zero-order valence-electron chi connectivity index (χ0n) is 6.69. The molecule has 0 aliphatic rings. The minimum absolute atomic E-state index is 0.194. The second-order valence-corrected chi connectivity index (χ2v) is 2.74. The van der Waals surface area contributed by atoms with E-state index in [1.54, 1.807) is 6.20 Å². The van der Waals surface area contributed by atoms with Crippen molar-refractivity contribution in [1.29, 1.82) is 0 Å². The lowest BCUT2D eigenvalue weighted by molar-refractivity contribution is 1.07. The van der Waals surface area contributed by atoms with Crippen LogP contribution in [-0.2, 0) is 0 Å². The van der Waals surface area contributed by atoms with Crippen LogP contribution >= 0.6 is 0 Å². The number of pyridine rings is 1. The third-order valence-corrected chi connectivity index (χ3v) is 1.72. The highest BCUT2D eigenvalue weighted by molar-refractivity contribution is 5.39. The summed E-state index contributed by atoms with van der Waals surface area (Å²) in [5, 5.41) is 0. The van der Waals surface area contributed by atoms with Crippen molar-refractivity contribution in [3.8, 4) is 0 Å². The Morgan fingerprint density at radius 1 is 1.33 bits per heavy atom. The highest BCUT2D eigenvalue weighted by atomic mass is 16.1. The molecule has 0 fully saturated rings. The van der Waals surface area contributed by atoms with Crippen molar-refractivity contribution in [2.75, 3.05) is 0 Å². The van der Waals surface area contributed by atoms with Gasteiger partial charge in [0.1, 0.15) is 5.65 Å². The quantitative estimate of drug-likeness (QED) is 0.576. The van der Waals surface area contributed by atoms with Crippen molar-refractivity contribution >= 4 is 5.65 Å². The van der Waals surface area contributed by atoms with E-state index in [1.807, 2.05) is 29.7 Å². The average Bonchev–Trinajstić information content (AvgIpc) is 2.03. The topological polar surface area (TPSA) is 34.4 Å². The van der Waals surface area contributed by atoms with Crippen LogP contribution in [0.25, 0.3) is 5.65 Å². The van der Waals surface area contributed by atoms with Crippen LogP contribution in [0.4, 0.5) is 0 Å². The molecule has 3 nitrogen and oxygen atoms in total. The van der Waals surface area contributed by atoms with Gasteiger partial charge in [0.15, 0.2) is 0 Å². The molecule has 2 aromatic rings. The van der Waals surface area contributed by atoms with E-state index in [1.165, 1.54) is 6.07 Å². The summed E-state index contributed by atoms with van der Waals surface area (Å²) in [5.74, 6) is 0. The van der Waals surface area contributed by atoms with Gasteiger partial charge in [0.2, 0.25) is 0 Å². The molecule has 0 unspecified atom stereocenters. The zero-order chi connectivity index (χ0) is 8.55. The Balaban J connectivity index is 2.89. The average molecular weight is 160 g/mol. The predicted octanol–water partition coefficient (Wildman–Crippen LogP) is 1.00. The maximum absolute atomic E-state index is 10.9. The molecule has 0 aliphatic heterocycles. The first-order valence-electron chi connectivity index (χ1n) is 3.71. The highest BCUT2D eigenvalue weighted by Crippen LogP contribution is 2.00. The maximum atomic E-state index is 10.9. The molecule has 0 bridgehead atoms. The van der Waals surface area contributed by atoms with Gasteiger partial charge in [0.05, 0.1) is 0 Å². The van der Waals surface area contributed by atoms with E-state index in [4.69, 9.17) is 0 Å². The number of fused-ring (bicyclic) bond motifs is 1. The minimum atomic E-state index is -0.194. The molecule has 0 aliphatic carbocycles. The molecular formula is C9H8N2O. The Labute approximate surface area is 69.3 Å². The van der Waals surface area contributed by atoms with Crippen LogP contribution in [0.15, 0.2) is 35.4 Å². The van der Waals surface area contributed by atoms with Gasteiger partial charge in [-0.15, -0.1) is 0 Å². The van der Waals surface area contributed by atoms with E-state index >= 15 is 0 Å². The van der Waals surface area contributed by atoms with Crippen LogP contribution in [-0.4, -0.2) is 9.38 Å². The first kappa shape index (κ1) is 7.03. The number of nitrogens with zero attached hydrogens (tertiary/aromatic N) is 2. The van der Waals surface area contributed by atoms with Gasteiger partial charge >= 0.3 is 0 Å². The van der Waals surface area contributed by atoms with E-state index < -0.39 is 0 Å². The molecule has 0 saturated heterocycles. The molecule has 3 heteroatoms. The van der Waals surface area contributed by atoms with Gasteiger partial charge in [0.25, 0.3) is 5.56 Å². The van der Waals surface area contributed by atoms with Gasteiger partial charge in [0, 0.05) is 18.5 Å². The Morgan fingerprint density at radius 2 is 2.08 bits per heavy atom. The molecule has 2 aromatic heterocycles. The Hall–Kier alpha value is -1.64.